The van der Waals surface area contributed by atoms with Crippen LogP contribution in [0.25, 0.3) is 0 Å². The van der Waals surface area contributed by atoms with Gasteiger partial charge < -0.3 is 4.74 Å². The number of anilines is 1. The van der Waals surface area contributed by atoms with Crippen molar-refractivity contribution in [3.05, 3.63) is 28.9 Å². The van der Waals surface area contributed by atoms with Gasteiger partial charge in [0.05, 0.1) is 7.11 Å². The highest BCUT2D eigenvalue weighted by molar-refractivity contribution is 7.15. The fraction of sp³-hybridized carbons (Fsp3) is 0.200. The van der Waals surface area contributed by atoms with Gasteiger partial charge in [-0.25, -0.2) is 4.98 Å². The molecule has 0 bridgehead atoms. The van der Waals surface area contributed by atoms with Crippen LogP contribution in [0.1, 0.15) is 15.4 Å². The Bertz CT molecular complexity index is 629. The zero-order chi connectivity index (χ0) is 14.8. The largest absolute Gasteiger partial charge is 0.480 e. The zero-order valence-electron chi connectivity index (χ0n) is 9.93. The quantitative estimate of drug-likeness (QED) is 0.940. The first-order valence-corrected chi connectivity index (χ1v) is 5.94. The smallest absolute Gasteiger partial charge is 0.445 e. The summed E-state index contributed by atoms with van der Waals surface area (Å²) in [4.78, 5) is 15.7. The van der Waals surface area contributed by atoms with Crippen molar-refractivity contribution >= 4 is 22.4 Å². The summed E-state index contributed by atoms with van der Waals surface area (Å²) in [5.41, 5.74) is 0.0822. The van der Waals surface area contributed by atoms with Gasteiger partial charge in [0.15, 0.2) is 0 Å². The summed E-state index contributed by atoms with van der Waals surface area (Å²) < 4.78 is 41.9. The molecule has 0 aromatic carbocycles. The topological polar surface area (TPSA) is 77.0 Å². The minimum Gasteiger partial charge on any atom is -0.480 e. The van der Waals surface area contributed by atoms with Crippen molar-refractivity contribution in [2.24, 2.45) is 0 Å². The number of hydrogen-bond acceptors (Lipinski definition) is 6. The third-order valence-corrected chi connectivity index (χ3v) is 2.98. The first kappa shape index (κ1) is 14.2. The molecule has 20 heavy (non-hydrogen) atoms. The molecule has 2 aromatic rings. The van der Waals surface area contributed by atoms with Gasteiger partial charge in [0, 0.05) is 6.20 Å². The molecule has 6 nitrogen and oxygen atoms in total. The van der Waals surface area contributed by atoms with E-state index in [4.69, 9.17) is 4.74 Å². The molecule has 2 rings (SSSR count). The number of hydrogen-bond donors (Lipinski definition) is 1. The third-order valence-electron chi connectivity index (χ3n) is 2.10. The number of pyridine rings is 1. The van der Waals surface area contributed by atoms with Crippen molar-refractivity contribution in [2.75, 3.05) is 12.4 Å². The SMILES string of the molecule is COc1ncccc1C(=O)Nc1nnc(C(F)(F)F)s1. The van der Waals surface area contributed by atoms with Gasteiger partial charge in [0.2, 0.25) is 16.0 Å². The Morgan fingerprint density at radius 2 is 2.15 bits per heavy atom. The molecule has 0 unspecified atom stereocenters. The summed E-state index contributed by atoms with van der Waals surface area (Å²) in [6, 6.07) is 2.92. The van der Waals surface area contributed by atoms with Crippen LogP contribution in [0.3, 0.4) is 0 Å². The second-order valence-corrected chi connectivity index (χ2v) is 4.40. The van der Waals surface area contributed by atoms with Crippen molar-refractivity contribution in [1.82, 2.24) is 15.2 Å². The van der Waals surface area contributed by atoms with Gasteiger partial charge in [0.25, 0.3) is 5.91 Å². The summed E-state index contributed by atoms with van der Waals surface area (Å²) in [5.74, 6) is -0.620. The van der Waals surface area contributed by atoms with E-state index < -0.39 is 17.1 Å². The second kappa shape index (κ2) is 5.41. The number of ether oxygens (including phenoxy) is 1. The number of alkyl halides is 3. The Morgan fingerprint density at radius 1 is 1.40 bits per heavy atom. The summed E-state index contributed by atoms with van der Waals surface area (Å²) in [6.07, 6.45) is -3.17. The Labute approximate surface area is 114 Å². The standard InChI is InChI=1S/C10H7F3N4O2S/c1-19-7-5(3-2-4-14-7)6(18)15-9-17-16-8(20-9)10(11,12)13/h2-4H,1H3,(H,15,17,18). The molecule has 0 saturated heterocycles. The fourth-order valence-corrected chi connectivity index (χ4v) is 1.88. The number of methoxy groups -OCH3 is 1. The molecule has 0 fully saturated rings. The average Bonchev–Trinajstić information content (AvgIpc) is 2.87. The fourth-order valence-electron chi connectivity index (χ4n) is 1.28. The first-order valence-electron chi connectivity index (χ1n) is 5.13. The van der Waals surface area contributed by atoms with E-state index in [1.807, 2.05) is 0 Å². The number of rotatable bonds is 3. The Morgan fingerprint density at radius 3 is 2.75 bits per heavy atom. The first-order chi connectivity index (χ1) is 9.41. The van der Waals surface area contributed by atoms with Crippen molar-refractivity contribution in [1.29, 1.82) is 0 Å². The van der Waals surface area contributed by atoms with Gasteiger partial charge in [0.1, 0.15) is 5.56 Å². The van der Waals surface area contributed by atoms with Crippen LogP contribution < -0.4 is 10.1 Å². The van der Waals surface area contributed by atoms with E-state index in [2.05, 4.69) is 20.5 Å². The van der Waals surface area contributed by atoms with E-state index >= 15 is 0 Å². The number of carbonyl (C=O) groups excluding carboxylic acids is 1. The molecule has 0 atom stereocenters. The Kier molecular flexibility index (Phi) is 3.84. The summed E-state index contributed by atoms with van der Waals surface area (Å²) in [5, 5.41) is 7.04. The molecule has 0 spiro atoms. The highest BCUT2D eigenvalue weighted by Gasteiger charge is 2.35. The van der Waals surface area contributed by atoms with Crippen LogP contribution >= 0.6 is 11.3 Å². The van der Waals surface area contributed by atoms with Crippen LogP contribution in [0.15, 0.2) is 18.3 Å². The minimum atomic E-state index is -4.59. The highest BCUT2D eigenvalue weighted by atomic mass is 32.1. The van der Waals surface area contributed by atoms with Crippen LogP contribution in [0.5, 0.6) is 5.88 Å². The number of nitrogens with one attached hydrogen (secondary N) is 1. The zero-order valence-corrected chi connectivity index (χ0v) is 10.7. The molecule has 0 aliphatic heterocycles. The van der Waals surface area contributed by atoms with E-state index in [-0.39, 0.29) is 27.9 Å². The van der Waals surface area contributed by atoms with E-state index in [1.54, 1.807) is 0 Å². The minimum absolute atomic E-state index is 0.0607. The lowest BCUT2D eigenvalue weighted by atomic mass is 10.2. The lowest BCUT2D eigenvalue weighted by Crippen LogP contribution is -2.13. The maximum Gasteiger partial charge on any atom is 0.445 e. The molecule has 1 N–H and O–H groups in total. The molecule has 0 aliphatic carbocycles. The van der Waals surface area contributed by atoms with E-state index in [0.29, 0.717) is 0 Å². The van der Waals surface area contributed by atoms with Crippen molar-refractivity contribution in [2.45, 2.75) is 6.18 Å². The number of carbonyl (C=O) groups is 1. The van der Waals surface area contributed by atoms with Gasteiger partial charge in [-0.3, -0.25) is 10.1 Å². The lowest BCUT2D eigenvalue weighted by Gasteiger charge is -2.05. The van der Waals surface area contributed by atoms with Gasteiger partial charge in [-0.05, 0) is 12.1 Å². The van der Waals surface area contributed by atoms with Crippen molar-refractivity contribution in [3.8, 4) is 5.88 Å². The molecule has 106 valence electrons. The predicted molar refractivity (Wildman–Crippen MR) is 63.7 cm³/mol. The predicted octanol–water partition coefficient (Wildman–Crippen LogP) is 2.21. The monoisotopic (exact) mass is 304 g/mol. The van der Waals surface area contributed by atoms with Crippen molar-refractivity contribution < 1.29 is 22.7 Å². The molecule has 10 heteroatoms. The van der Waals surface area contributed by atoms with E-state index in [0.717, 1.165) is 0 Å². The summed E-state index contributed by atoms with van der Waals surface area (Å²) in [7, 11) is 1.33. The van der Waals surface area contributed by atoms with Crippen LogP contribution in [-0.2, 0) is 6.18 Å². The Balaban J connectivity index is 2.18. The lowest BCUT2D eigenvalue weighted by molar-refractivity contribution is -0.138. The molecule has 0 radical (unpaired) electrons. The maximum atomic E-state index is 12.3. The normalized spacial score (nSPS) is 11.2. The molecular weight excluding hydrogens is 297 g/mol. The molecule has 2 aromatic heterocycles. The number of aromatic nitrogens is 3. The molecule has 0 aliphatic rings. The van der Waals surface area contributed by atoms with Crippen LogP contribution in [0.2, 0.25) is 0 Å². The second-order valence-electron chi connectivity index (χ2n) is 3.42. The van der Waals surface area contributed by atoms with E-state index in [9.17, 15) is 18.0 Å². The molecule has 0 saturated carbocycles. The highest BCUT2D eigenvalue weighted by Crippen LogP contribution is 2.33. The van der Waals surface area contributed by atoms with Gasteiger partial charge in [-0.1, -0.05) is 11.3 Å². The third kappa shape index (κ3) is 3.02. The van der Waals surface area contributed by atoms with Crippen LogP contribution in [0.4, 0.5) is 18.3 Å². The Hall–Kier alpha value is -2.23. The van der Waals surface area contributed by atoms with Crippen LogP contribution in [0, 0.1) is 0 Å². The maximum absolute atomic E-state index is 12.3. The van der Waals surface area contributed by atoms with Gasteiger partial charge in [-0.15, -0.1) is 10.2 Å². The van der Waals surface area contributed by atoms with Crippen molar-refractivity contribution in [3.63, 3.8) is 0 Å². The van der Waals surface area contributed by atoms with Gasteiger partial charge in [-0.2, -0.15) is 13.2 Å². The number of halogens is 3. The van der Waals surface area contributed by atoms with E-state index in [1.165, 1.54) is 25.4 Å². The number of nitrogens with zero attached hydrogens (tertiary/aromatic N) is 3. The molecule has 2 heterocycles. The summed E-state index contributed by atoms with van der Waals surface area (Å²) in [6.45, 7) is 0. The number of amides is 1. The summed E-state index contributed by atoms with van der Waals surface area (Å²) >= 11 is 0.236. The molecular formula is C10H7F3N4O2S. The van der Waals surface area contributed by atoms with Gasteiger partial charge >= 0.3 is 6.18 Å². The average molecular weight is 304 g/mol. The van der Waals surface area contributed by atoms with Crippen LogP contribution in [-0.4, -0.2) is 28.2 Å². The molecule has 1 amide bonds.